The van der Waals surface area contributed by atoms with Crippen LogP contribution in [-0.4, -0.2) is 34.0 Å². The first-order valence-electron chi connectivity index (χ1n) is 6.35. The maximum atomic E-state index is 12.4. The molecule has 5 nitrogen and oxygen atoms in total. The Morgan fingerprint density at radius 1 is 1.47 bits per heavy atom. The average molecular weight is 285 g/mol. The molecule has 1 aromatic rings. The second kappa shape index (κ2) is 5.79. The van der Waals surface area contributed by atoms with E-state index in [2.05, 4.69) is 0 Å². The van der Waals surface area contributed by atoms with Gasteiger partial charge in [-0.2, -0.15) is 0 Å². The largest absolute Gasteiger partial charge is 0.494 e. The molecule has 1 heterocycles. The standard InChI is InChI=1S/C13H19NO4S/c1-2-18-11-3-4-12(14)13(7-11)19(15,16)9-10-5-6-17-8-10/h3-4,7,10H,2,5-6,8-9,14H2,1H3. The van der Waals surface area contributed by atoms with Gasteiger partial charge in [-0.15, -0.1) is 0 Å². The van der Waals surface area contributed by atoms with Crippen molar-refractivity contribution < 1.29 is 17.9 Å². The monoisotopic (exact) mass is 285 g/mol. The summed E-state index contributed by atoms with van der Waals surface area (Å²) >= 11 is 0. The lowest BCUT2D eigenvalue weighted by Gasteiger charge is -2.12. The topological polar surface area (TPSA) is 78.6 Å². The molecule has 106 valence electrons. The van der Waals surface area contributed by atoms with Crippen LogP contribution < -0.4 is 10.5 Å². The van der Waals surface area contributed by atoms with Crippen molar-refractivity contribution in [3.05, 3.63) is 18.2 Å². The van der Waals surface area contributed by atoms with E-state index < -0.39 is 9.84 Å². The molecule has 2 rings (SSSR count). The molecule has 2 N–H and O–H groups in total. The molecule has 1 aromatic carbocycles. The average Bonchev–Trinajstić information content (AvgIpc) is 2.84. The Bertz CT molecular complexity index is 536. The van der Waals surface area contributed by atoms with Gasteiger partial charge in [-0.05, 0) is 31.4 Å². The van der Waals surface area contributed by atoms with Gasteiger partial charge in [-0.25, -0.2) is 8.42 Å². The van der Waals surface area contributed by atoms with Crippen molar-refractivity contribution in [1.29, 1.82) is 0 Å². The van der Waals surface area contributed by atoms with Gasteiger partial charge in [0.2, 0.25) is 0 Å². The van der Waals surface area contributed by atoms with E-state index in [0.717, 1.165) is 6.42 Å². The van der Waals surface area contributed by atoms with E-state index in [9.17, 15) is 8.42 Å². The van der Waals surface area contributed by atoms with Crippen molar-refractivity contribution in [1.82, 2.24) is 0 Å². The fourth-order valence-corrected chi connectivity index (χ4v) is 3.94. The molecule has 0 aliphatic carbocycles. The fraction of sp³-hybridized carbons (Fsp3) is 0.538. The molecule has 1 atom stereocenters. The number of sulfone groups is 1. The SMILES string of the molecule is CCOc1ccc(N)c(S(=O)(=O)CC2CCOC2)c1. The Balaban J connectivity index is 2.25. The third-order valence-corrected chi connectivity index (χ3v) is 5.04. The Hall–Kier alpha value is -1.27. The lowest BCUT2D eigenvalue weighted by Crippen LogP contribution is -2.17. The van der Waals surface area contributed by atoms with E-state index in [1.807, 2.05) is 6.92 Å². The van der Waals surface area contributed by atoms with Crippen LogP contribution in [0.15, 0.2) is 23.1 Å². The van der Waals surface area contributed by atoms with Gasteiger partial charge in [0.1, 0.15) is 5.75 Å². The number of ether oxygens (including phenoxy) is 2. The van der Waals surface area contributed by atoms with E-state index in [1.54, 1.807) is 12.1 Å². The van der Waals surface area contributed by atoms with E-state index in [-0.39, 0.29) is 22.3 Å². The molecule has 1 aliphatic rings. The quantitative estimate of drug-likeness (QED) is 0.829. The first-order chi connectivity index (χ1) is 9.03. The minimum absolute atomic E-state index is 0.0557. The van der Waals surface area contributed by atoms with E-state index in [4.69, 9.17) is 15.2 Å². The highest BCUT2D eigenvalue weighted by Crippen LogP contribution is 2.27. The van der Waals surface area contributed by atoms with E-state index >= 15 is 0 Å². The number of hydrogen-bond donors (Lipinski definition) is 1. The summed E-state index contributed by atoms with van der Waals surface area (Å²) in [5.74, 6) is 0.658. The lowest BCUT2D eigenvalue weighted by molar-refractivity contribution is 0.188. The van der Waals surface area contributed by atoms with Gasteiger partial charge in [0.25, 0.3) is 0 Å². The number of nitrogens with two attached hydrogens (primary N) is 1. The Kier molecular flexibility index (Phi) is 4.31. The second-order valence-electron chi connectivity index (χ2n) is 4.64. The molecule has 0 amide bonds. The molecule has 1 aliphatic heterocycles. The first kappa shape index (κ1) is 14.1. The van der Waals surface area contributed by atoms with Gasteiger partial charge in [-0.1, -0.05) is 0 Å². The number of hydrogen-bond acceptors (Lipinski definition) is 5. The van der Waals surface area contributed by atoms with Gasteiger partial charge in [0.15, 0.2) is 9.84 Å². The summed E-state index contributed by atoms with van der Waals surface area (Å²) in [5.41, 5.74) is 6.05. The molecule has 0 saturated carbocycles. The van der Waals surface area contributed by atoms with E-state index in [1.165, 1.54) is 6.07 Å². The number of benzene rings is 1. The Morgan fingerprint density at radius 3 is 2.89 bits per heavy atom. The zero-order chi connectivity index (χ0) is 13.9. The van der Waals surface area contributed by atoms with Crippen molar-refractivity contribution in [3.63, 3.8) is 0 Å². The highest BCUT2D eigenvalue weighted by molar-refractivity contribution is 7.91. The van der Waals surface area contributed by atoms with Crippen LogP contribution in [0, 0.1) is 5.92 Å². The van der Waals surface area contributed by atoms with Crippen molar-refractivity contribution in [2.45, 2.75) is 18.2 Å². The van der Waals surface area contributed by atoms with Gasteiger partial charge < -0.3 is 15.2 Å². The molecule has 1 fully saturated rings. The molecule has 6 heteroatoms. The molecule has 1 unspecified atom stereocenters. The lowest BCUT2D eigenvalue weighted by atomic mass is 10.2. The van der Waals surface area contributed by atoms with Gasteiger partial charge in [0.05, 0.1) is 29.5 Å². The molecule has 1 saturated heterocycles. The molecule has 0 bridgehead atoms. The van der Waals surface area contributed by atoms with Crippen LogP contribution in [0.1, 0.15) is 13.3 Å². The van der Waals surface area contributed by atoms with Crippen molar-refractivity contribution in [3.8, 4) is 5.75 Å². The van der Waals surface area contributed by atoms with Gasteiger partial charge in [0, 0.05) is 12.7 Å². The third-order valence-electron chi connectivity index (χ3n) is 3.11. The molecule has 0 aromatic heterocycles. The summed E-state index contributed by atoms with van der Waals surface area (Å²) in [6, 6.07) is 4.75. The molecular weight excluding hydrogens is 266 g/mol. The van der Waals surface area contributed by atoms with Crippen LogP contribution in [0.4, 0.5) is 5.69 Å². The summed E-state index contributed by atoms with van der Waals surface area (Å²) in [7, 11) is -3.40. The predicted octanol–water partition coefficient (Wildman–Crippen LogP) is 1.48. The van der Waals surface area contributed by atoms with Crippen molar-refractivity contribution >= 4 is 15.5 Å². The Labute approximate surface area is 113 Å². The predicted molar refractivity (Wildman–Crippen MR) is 73.0 cm³/mol. The summed E-state index contributed by atoms with van der Waals surface area (Å²) in [4.78, 5) is 0.158. The summed E-state index contributed by atoms with van der Waals surface area (Å²) in [5, 5.41) is 0. The zero-order valence-electron chi connectivity index (χ0n) is 11.0. The first-order valence-corrected chi connectivity index (χ1v) is 8.01. The van der Waals surface area contributed by atoms with Crippen LogP contribution >= 0.6 is 0 Å². The van der Waals surface area contributed by atoms with Crippen molar-refractivity contribution in [2.75, 3.05) is 31.3 Å². The minimum atomic E-state index is -3.40. The van der Waals surface area contributed by atoms with E-state index in [0.29, 0.717) is 25.6 Å². The van der Waals surface area contributed by atoms with Crippen LogP contribution in [0.3, 0.4) is 0 Å². The molecular formula is C13H19NO4S. The van der Waals surface area contributed by atoms with Crippen LogP contribution in [0.25, 0.3) is 0 Å². The smallest absolute Gasteiger partial charge is 0.180 e. The number of anilines is 1. The fourth-order valence-electron chi connectivity index (χ4n) is 2.16. The maximum Gasteiger partial charge on any atom is 0.180 e. The zero-order valence-corrected chi connectivity index (χ0v) is 11.8. The maximum absolute atomic E-state index is 12.4. The minimum Gasteiger partial charge on any atom is -0.494 e. The number of nitrogen functional groups attached to an aromatic ring is 1. The molecule has 0 spiro atoms. The highest BCUT2D eigenvalue weighted by Gasteiger charge is 2.26. The summed E-state index contributed by atoms with van der Waals surface area (Å²) in [6.07, 6.45) is 0.782. The molecule has 19 heavy (non-hydrogen) atoms. The van der Waals surface area contributed by atoms with Crippen LogP contribution in [-0.2, 0) is 14.6 Å². The summed E-state index contributed by atoms with van der Waals surface area (Å²) in [6.45, 7) is 3.47. The Morgan fingerprint density at radius 2 is 2.26 bits per heavy atom. The van der Waals surface area contributed by atoms with Gasteiger partial charge >= 0.3 is 0 Å². The van der Waals surface area contributed by atoms with Crippen LogP contribution in [0.2, 0.25) is 0 Å². The second-order valence-corrected chi connectivity index (χ2v) is 6.65. The molecule has 0 radical (unpaired) electrons. The van der Waals surface area contributed by atoms with Crippen LogP contribution in [0.5, 0.6) is 5.75 Å². The highest BCUT2D eigenvalue weighted by atomic mass is 32.2. The number of rotatable bonds is 5. The normalized spacial score (nSPS) is 19.5. The third kappa shape index (κ3) is 3.39. The van der Waals surface area contributed by atoms with Gasteiger partial charge in [-0.3, -0.25) is 0 Å². The van der Waals surface area contributed by atoms with Crippen molar-refractivity contribution in [2.24, 2.45) is 5.92 Å². The summed E-state index contributed by atoms with van der Waals surface area (Å²) < 4.78 is 35.3.